The smallest absolute Gasteiger partial charge is 0.226 e. The van der Waals surface area contributed by atoms with Gasteiger partial charge in [0.2, 0.25) is 5.91 Å². The monoisotopic (exact) mass is 298 g/mol. The van der Waals surface area contributed by atoms with E-state index in [1.165, 1.54) is 58.0 Å². The molecule has 2 heterocycles. The molecule has 2 atom stereocenters. The van der Waals surface area contributed by atoms with Gasteiger partial charge in [0.1, 0.15) is 0 Å². The molecule has 20 heavy (non-hydrogen) atoms. The summed E-state index contributed by atoms with van der Waals surface area (Å²) in [4.78, 5) is 14.8. The summed E-state index contributed by atoms with van der Waals surface area (Å²) in [5, 5.41) is 3.46. The van der Waals surface area contributed by atoms with Gasteiger partial charge >= 0.3 is 0 Å². The molecule has 1 amide bonds. The van der Waals surface area contributed by atoms with E-state index in [0.29, 0.717) is 17.2 Å². The Hall–Kier alpha value is -0.280. The van der Waals surface area contributed by atoms with Crippen LogP contribution in [-0.2, 0) is 4.79 Å². The fourth-order valence-corrected chi connectivity index (χ4v) is 5.06. The van der Waals surface area contributed by atoms with Crippen molar-refractivity contribution in [2.75, 3.05) is 26.2 Å². The van der Waals surface area contributed by atoms with E-state index in [1.807, 2.05) is 0 Å². The summed E-state index contributed by atoms with van der Waals surface area (Å²) in [7, 11) is 0. The average Bonchev–Trinajstić information content (AvgIpc) is 2.92. The van der Waals surface area contributed by atoms with E-state index < -0.39 is 0 Å². The zero-order chi connectivity index (χ0) is 12.9. The predicted octanol–water partition coefficient (Wildman–Crippen LogP) is 2.45. The van der Waals surface area contributed by atoms with Gasteiger partial charge in [0.05, 0.1) is 0 Å². The van der Waals surface area contributed by atoms with Crippen molar-refractivity contribution in [1.29, 1.82) is 0 Å². The number of hydrogen-bond acceptors (Lipinski definition) is 2. The summed E-state index contributed by atoms with van der Waals surface area (Å²) >= 11 is 0. The van der Waals surface area contributed by atoms with Crippen molar-refractivity contribution in [1.82, 2.24) is 10.2 Å². The molecule has 4 fully saturated rings. The SMILES string of the molecule is Cl.O=C(C1C2CCCC21)N1CCC2(CCNCC2)CC1. The summed E-state index contributed by atoms with van der Waals surface area (Å²) in [6.07, 6.45) is 9.17. The van der Waals surface area contributed by atoms with Gasteiger partial charge < -0.3 is 10.2 Å². The van der Waals surface area contributed by atoms with Crippen LogP contribution in [0.25, 0.3) is 0 Å². The first kappa shape index (κ1) is 14.6. The van der Waals surface area contributed by atoms with E-state index in [2.05, 4.69) is 10.2 Å². The Morgan fingerprint density at radius 1 is 1.00 bits per heavy atom. The molecule has 0 aromatic heterocycles. The van der Waals surface area contributed by atoms with Crippen LogP contribution in [0.3, 0.4) is 0 Å². The molecule has 4 aliphatic rings. The van der Waals surface area contributed by atoms with Crippen LogP contribution >= 0.6 is 12.4 Å². The number of fused-ring (bicyclic) bond motifs is 1. The Bertz CT molecular complexity index is 361. The lowest BCUT2D eigenvalue weighted by Gasteiger charge is -2.44. The van der Waals surface area contributed by atoms with E-state index in [0.717, 1.165) is 24.9 Å². The van der Waals surface area contributed by atoms with Gasteiger partial charge in [-0.05, 0) is 68.9 Å². The molecule has 2 unspecified atom stereocenters. The molecule has 4 rings (SSSR count). The summed E-state index contributed by atoms with van der Waals surface area (Å²) in [6, 6.07) is 0. The zero-order valence-electron chi connectivity index (χ0n) is 12.3. The molecule has 4 heteroatoms. The largest absolute Gasteiger partial charge is 0.342 e. The highest BCUT2D eigenvalue weighted by atomic mass is 35.5. The number of hydrogen-bond donors (Lipinski definition) is 1. The number of carbonyl (C=O) groups excluding carboxylic acids is 1. The number of halogens is 1. The topological polar surface area (TPSA) is 32.3 Å². The van der Waals surface area contributed by atoms with Crippen molar-refractivity contribution >= 4 is 18.3 Å². The molecule has 0 bridgehead atoms. The molecule has 0 aromatic rings. The summed E-state index contributed by atoms with van der Waals surface area (Å²) in [5.41, 5.74) is 0.571. The lowest BCUT2D eigenvalue weighted by atomic mass is 9.71. The Morgan fingerprint density at radius 3 is 2.20 bits per heavy atom. The van der Waals surface area contributed by atoms with Crippen LogP contribution in [0.5, 0.6) is 0 Å². The number of carbonyl (C=O) groups is 1. The van der Waals surface area contributed by atoms with Gasteiger partial charge in [0.15, 0.2) is 0 Å². The number of likely N-dealkylation sites (tertiary alicyclic amines) is 1. The predicted molar refractivity (Wildman–Crippen MR) is 81.9 cm³/mol. The van der Waals surface area contributed by atoms with Gasteiger partial charge in [0.25, 0.3) is 0 Å². The standard InChI is InChI=1S/C16H26N2O.ClH/c19-15(14-12-2-1-3-13(12)14)18-10-6-16(7-11-18)4-8-17-9-5-16;/h12-14,17H,1-11H2;1H. The third-order valence-corrected chi connectivity index (χ3v) is 6.49. The third-order valence-electron chi connectivity index (χ3n) is 6.49. The molecule has 1 N–H and O–H groups in total. The normalized spacial score (nSPS) is 38.2. The maximum atomic E-state index is 12.6. The van der Waals surface area contributed by atoms with Crippen molar-refractivity contribution in [3.63, 3.8) is 0 Å². The Morgan fingerprint density at radius 2 is 1.60 bits per heavy atom. The third kappa shape index (κ3) is 2.37. The minimum Gasteiger partial charge on any atom is -0.342 e. The fraction of sp³-hybridized carbons (Fsp3) is 0.938. The number of amides is 1. The second kappa shape index (κ2) is 5.49. The van der Waals surface area contributed by atoms with Crippen molar-refractivity contribution < 1.29 is 4.79 Å². The van der Waals surface area contributed by atoms with Crippen LogP contribution in [-0.4, -0.2) is 37.0 Å². The molecule has 2 saturated heterocycles. The lowest BCUT2D eigenvalue weighted by molar-refractivity contribution is -0.136. The highest BCUT2D eigenvalue weighted by molar-refractivity contribution is 5.85. The van der Waals surface area contributed by atoms with Crippen LogP contribution in [0.1, 0.15) is 44.9 Å². The maximum Gasteiger partial charge on any atom is 0.226 e. The molecular formula is C16H27ClN2O. The molecule has 0 aromatic carbocycles. The Labute approximate surface area is 128 Å². The van der Waals surface area contributed by atoms with Gasteiger partial charge in [0, 0.05) is 19.0 Å². The van der Waals surface area contributed by atoms with Gasteiger partial charge in [-0.1, -0.05) is 6.42 Å². The van der Waals surface area contributed by atoms with Crippen molar-refractivity contribution in [3.05, 3.63) is 0 Å². The second-order valence-corrected chi connectivity index (χ2v) is 7.36. The van der Waals surface area contributed by atoms with Crippen molar-refractivity contribution in [3.8, 4) is 0 Å². The van der Waals surface area contributed by atoms with E-state index >= 15 is 0 Å². The maximum absolute atomic E-state index is 12.6. The van der Waals surface area contributed by atoms with Gasteiger partial charge in [-0.3, -0.25) is 4.79 Å². The Balaban J connectivity index is 0.00000121. The highest BCUT2D eigenvalue weighted by Gasteiger charge is 2.57. The molecule has 2 aliphatic carbocycles. The summed E-state index contributed by atoms with van der Waals surface area (Å²) < 4.78 is 0. The number of nitrogens with one attached hydrogen (secondary N) is 1. The molecule has 1 spiro atoms. The second-order valence-electron chi connectivity index (χ2n) is 7.36. The van der Waals surface area contributed by atoms with Crippen LogP contribution in [0, 0.1) is 23.2 Å². The molecule has 2 saturated carbocycles. The molecule has 2 aliphatic heterocycles. The fourth-order valence-electron chi connectivity index (χ4n) is 5.06. The highest BCUT2D eigenvalue weighted by Crippen LogP contribution is 2.58. The molecular weight excluding hydrogens is 272 g/mol. The first-order valence-electron chi connectivity index (χ1n) is 8.29. The average molecular weight is 299 g/mol. The van der Waals surface area contributed by atoms with Crippen LogP contribution in [0.4, 0.5) is 0 Å². The van der Waals surface area contributed by atoms with Gasteiger partial charge in [-0.25, -0.2) is 0 Å². The van der Waals surface area contributed by atoms with Gasteiger partial charge in [-0.15, -0.1) is 12.4 Å². The van der Waals surface area contributed by atoms with E-state index in [-0.39, 0.29) is 12.4 Å². The van der Waals surface area contributed by atoms with E-state index in [4.69, 9.17) is 0 Å². The number of rotatable bonds is 1. The van der Waals surface area contributed by atoms with Crippen LogP contribution < -0.4 is 5.32 Å². The molecule has 3 nitrogen and oxygen atoms in total. The minimum atomic E-state index is 0. The molecule has 114 valence electrons. The quantitative estimate of drug-likeness (QED) is 0.806. The van der Waals surface area contributed by atoms with Crippen molar-refractivity contribution in [2.45, 2.75) is 44.9 Å². The number of nitrogens with zero attached hydrogens (tertiary/aromatic N) is 1. The minimum absolute atomic E-state index is 0. The lowest BCUT2D eigenvalue weighted by Crippen LogP contribution is -2.47. The Kier molecular flexibility index (Phi) is 4.02. The summed E-state index contributed by atoms with van der Waals surface area (Å²) in [6.45, 7) is 4.44. The van der Waals surface area contributed by atoms with Crippen molar-refractivity contribution in [2.24, 2.45) is 23.2 Å². The van der Waals surface area contributed by atoms with Crippen LogP contribution in [0.15, 0.2) is 0 Å². The first-order chi connectivity index (χ1) is 9.29. The zero-order valence-corrected chi connectivity index (χ0v) is 13.1. The summed E-state index contributed by atoms with van der Waals surface area (Å²) in [5.74, 6) is 2.51. The van der Waals surface area contributed by atoms with Crippen LogP contribution in [0.2, 0.25) is 0 Å². The van der Waals surface area contributed by atoms with E-state index in [9.17, 15) is 4.79 Å². The number of piperidine rings is 2. The van der Waals surface area contributed by atoms with E-state index in [1.54, 1.807) is 0 Å². The van der Waals surface area contributed by atoms with Gasteiger partial charge in [-0.2, -0.15) is 0 Å². The first-order valence-corrected chi connectivity index (χ1v) is 8.29. The molecule has 0 radical (unpaired) electrons.